The summed E-state index contributed by atoms with van der Waals surface area (Å²) >= 11 is 4.98. The van der Waals surface area contributed by atoms with E-state index in [0.717, 1.165) is 4.66 Å². The standard InChI is InChI=1S/C2H5BrS.Cu/c1-4-2-3;/h2H2,1H3;. The fourth-order valence-electron chi connectivity index (χ4n) is 0. The van der Waals surface area contributed by atoms with Crippen molar-refractivity contribution in [1.29, 1.82) is 0 Å². The van der Waals surface area contributed by atoms with E-state index in [-0.39, 0.29) is 17.1 Å². The molecule has 0 heterocycles. The van der Waals surface area contributed by atoms with Crippen LogP contribution in [0.5, 0.6) is 0 Å². The second kappa shape index (κ2) is 9.02. The molecule has 37 valence electrons. The van der Waals surface area contributed by atoms with Gasteiger partial charge >= 0.3 is 0 Å². The minimum Gasteiger partial charge on any atom is -0.154 e. The molecule has 0 fully saturated rings. The number of rotatable bonds is 1. The van der Waals surface area contributed by atoms with E-state index in [9.17, 15) is 0 Å². The smallest absolute Gasteiger partial charge is 0.0487 e. The second-order valence-corrected chi connectivity index (χ2v) is 2.57. The maximum Gasteiger partial charge on any atom is 0.0487 e. The van der Waals surface area contributed by atoms with Gasteiger partial charge < -0.3 is 0 Å². The average Bonchev–Trinajstić information content (AvgIpc) is 1.37. The molecule has 0 saturated carbocycles. The topological polar surface area (TPSA) is 0 Å². The van der Waals surface area contributed by atoms with Gasteiger partial charge in [-0.3, -0.25) is 0 Å². The Labute approximate surface area is 55.7 Å². The third-order valence-corrected chi connectivity index (χ3v) is 1.70. The predicted octanol–water partition coefficient (Wildman–Crippen LogP) is 1.70. The summed E-state index contributed by atoms with van der Waals surface area (Å²) in [5.74, 6) is 0. The van der Waals surface area contributed by atoms with Crippen molar-refractivity contribution in [2.45, 2.75) is 0 Å². The van der Waals surface area contributed by atoms with E-state index in [0.29, 0.717) is 0 Å². The van der Waals surface area contributed by atoms with Crippen LogP contribution >= 0.6 is 27.7 Å². The van der Waals surface area contributed by atoms with E-state index in [1.165, 1.54) is 0 Å². The Bertz CT molecular complexity index is 11.6. The first-order valence-electron chi connectivity index (χ1n) is 0.964. The molecule has 0 amide bonds. The quantitative estimate of drug-likeness (QED) is 0.463. The van der Waals surface area contributed by atoms with Crippen molar-refractivity contribution in [3.8, 4) is 0 Å². The van der Waals surface area contributed by atoms with Crippen molar-refractivity contribution in [2.24, 2.45) is 0 Å². The van der Waals surface area contributed by atoms with Crippen LogP contribution in [0.4, 0.5) is 0 Å². The van der Waals surface area contributed by atoms with E-state index in [4.69, 9.17) is 0 Å². The van der Waals surface area contributed by atoms with Crippen molar-refractivity contribution in [1.82, 2.24) is 0 Å². The Balaban J connectivity index is 0. The van der Waals surface area contributed by atoms with Gasteiger partial charge in [-0.2, -0.15) is 11.8 Å². The molecule has 0 aromatic carbocycles. The molecular formula is C2H5BrCuS. The molecule has 5 heavy (non-hydrogen) atoms. The molecule has 0 bridgehead atoms. The molecule has 0 atom stereocenters. The van der Waals surface area contributed by atoms with E-state index >= 15 is 0 Å². The predicted molar refractivity (Wildman–Crippen MR) is 27.3 cm³/mol. The summed E-state index contributed by atoms with van der Waals surface area (Å²) < 4.78 is 1.05. The molecule has 3 heteroatoms. The van der Waals surface area contributed by atoms with E-state index in [1.54, 1.807) is 11.8 Å². The number of hydrogen-bond donors (Lipinski definition) is 0. The number of alkyl halides is 1. The molecule has 0 aliphatic heterocycles. The van der Waals surface area contributed by atoms with Gasteiger partial charge in [-0.1, -0.05) is 15.9 Å². The second-order valence-electron chi connectivity index (χ2n) is 0.398. The van der Waals surface area contributed by atoms with Crippen LogP contribution in [0.15, 0.2) is 0 Å². The average molecular weight is 205 g/mol. The monoisotopic (exact) mass is 203 g/mol. The van der Waals surface area contributed by atoms with Gasteiger partial charge in [-0.15, -0.1) is 0 Å². The Morgan fingerprint density at radius 1 is 1.80 bits per heavy atom. The summed E-state index contributed by atoms with van der Waals surface area (Å²) in [6, 6.07) is 0. The van der Waals surface area contributed by atoms with E-state index in [2.05, 4.69) is 22.2 Å². The zero-order chi connectivity index (χ0) is 3.41. The summed E-state index contributed by atoms with van der Waals surface area (Å²) in [4.78, 5) is 0. The van der Waals surface area contributed by atoms with Gasteiger partial charge in [0.1, 0.15) is 0 Å². The molecule has 0 unspecified atom stereocenters. The molecule has 1 radical (unpaired) electrons. The number of thioether (sulfide) groups is 1. The first-order valence-corrected chi connectivity index (χ1v) is 3.48. The van der Waals surface area contributed by atoms with E-state index in [1.807, 2.05) is 0 Å². The Hall–Kier alpha value is 1.35. The maximum atomic E-state index is 3.21. The van der Waals surface area contributed by atoms with E-state index < -0.39 is 0 Å². The molecule has 0 aromatic heterocycles. The van der Waals surface area contributed by atoms with Crippen LogP contribution in [-0.4, -0.2) is 10.9 Å². The fourth-order valence-corrected chi connectivity index (χ4v) is 0. The third kappa shape index (κ3) is 10.9. The Kier molecular flexibility index (Phi) is 17.3. The molecular weight excluding hydrogens is 200 g/mol. The first-order chi connectivity index (χ1) is 1.91. The summed E-state index contributed by atoms with van der Waals surface area (Å²) in [6.07, 6.45) is 2.05. The molecule has 0 spiro atoms. The van der Waals surface area contributed by atoms with Gasteiger partial charge in [0.15, 0.2) is 0 Å². The van der Waals surface area contributed by atoms with Crippen LogP contribution in [-0.2, 0) is 17.1 Å². The van der Waals surface area contributed by atoms with Crippen molar-refractivity contribution in [3.05, 3.63) is 0 Å². The molecule has 0 aromatic rings. The molecule has 0 N–H and O–H groups in total. The van der Waals surface area contributed by atoms with Gasteiger partial charge in [0.25, 0.3) is 0 Å². The summed E-state index contributed by atoms with van der Waals surface area (Å²) in [5, 5.41) is 0. The van der Waals surface area contributed by atoms with Crippen LogP contribution in [0.3, 0.4) is 0 Å². The van der Waals surface area contributed by atoms with Crippen LogP contribution in [0, 0.1) is 0 Å². The molecule has 0 rings (SSSR count). The van der Waals surface area contributed by atoms with Crippen LogP contribution < -0.4 is 0 Å². The van der Waals surface area contributed by atoms with Crippen molar-refractivity contribution < 1.29 is 17.1 Å². The zero-order valence-corrected chi connectivity index (χ0v) is 6.14. The summed E-state index contributed by atoms with van der Waals surface area (Å²) in [6.45, 7) is 0. The number of halogens is 1. The molecule has 0 nitrogen and oxygen atoms in total. The van der Waals surface area contributed by atoms with Gasteiger partial charge in [-0.25, -0.2) is 0 Å². The molecule has 0 saturated heterocycles. The van der Waals surface area contributed by atoms with Gasteiger partial charge in [-0.05, 0) is 6.26 Å². The van der Waals surface area contributed by atoms with Crippen molar-refractivity contribution in [2.75, 3.05) is 10.9 Å². The van der Waals surface area contributed by atoms with Gasteiger partial charge in [0, 0.05) is 21.7 Å². The number of hydrogen-bond acceptors (Lipinski definition) is 1. The third-order valence-electron chi connectivity index (χ3n) is 0.109. The minimum absolute atomic E-state index is 0. The van der Waals surface area contributed by atoms with Gasteiger partial charge in [0.2, 0.25) is 0 Å². The van der Waals surface area contributed by atoms with Crippen LogP contribution in [0.1, 0.15) is 0 Å². The normalized spacial score (nSPS) is 6.00. The minimum atomic E-state index is 0. The summed E-state index contributed by atoms with van der Waals surface area (Å²) in [7, 11) is 0. The largest absolute Gasteiger partial charge is 0.154 e. The Morgan fingerprint density at radius 2 is 2.00 bits per heavy atom. The Morgan fingerprint density at radius 3 is 2.00 bits per heavy atom. The summed E-state index contributed by atoms with van der Waals surface area (Å²) in [5.41, 5.74) is 0. The molecule has 0 aliphatic rings. The van der Waals surface area contributed by atoms with Crippen molar-refractivity contribution in [3.63, 3.8) is 0 Å². The fraction of sp³-hybridized carbons (Fsp3) is 1.00. The SMILES string of the molecule is CSCBr.[Cu]. The maximum absolute atomic E-state index is 3.21. The van der Waals surface area contributed by atoms with Crippen LogP contribution in [0.25, 0.3) is 0 Å². The first kappa shape index (κ1) is 9.60. The van der Waals surface area contributed by atoms with Crippen LogP contribution in [0.2, 0.25) is 0 Å². The van der Waals surface area contributed by atoms with Gasteiger partial charge in [0.05, 0.1) is 0 Å². The van der Waals surface area contributed by atoms with Crippen molar-refractivity contribution >= 4 is 27.7 Å². The zero-order valence-electron chi connectivity index (χ0n) is 2.79. The molecule has 0 aliphatic carbocycles.